The van der Waals surface area contributed by atoms with E-state index in [0.717, 1.165) is 37.6 Å². The molecule has 0 radical (unpaired) electrons. The predicted molar refractivity (Wildman–Crippen MR) is 82.2 cm³/mol. The molecule has 1 saturated carbocycles. The maximum Gasteiger partial charge on any atom is 0.243 e. The highest BCUT2D eigenvalue weighted by Crippen LogP contribution is 2.27. The monoisotopic (exact) mass is 301 g/mol. The van der Waals surface area contributed by atoms with Crippen LogP contribution in [0.15, 0.2) is 6.20 Å². The van der Waals surface area contributed by atoms with Crippen LogP contribution < -0.4 is 16.0 Å². The zero-order valence-corrected chi connectivity index (χ0v) is 12.5. The molecule has 0 spiro atoms. The SMILES string of the molecule is Cn1ncc2c(N)nc(N3CCCC3C(=O)NC3CC3)nc21. The van der Waals surface area contributed by atoms with Crippen molar-refractivity contribution in [3.8, 4) is 0 Å². The summed E-state index contributed by atoms with van der Waals surface area (Å²) in [6, 6.07) is 0.158. The first kappa shape index (κ1) is 13.3. The van der Waals surface area contributed by atoms with Crippen LogP contribution in [0, 0.1) is 0 Å². The van der Waals surface area contributed by atoms with E-state index in [9.17, 15) is 4.79 Å². The summed E-state index contributed by atoms with van der Waals surface area (Å²) in [6.07, 6.45) is 5.61. The molecule has 1 saturated heterocycles. The van der Waals surface area contributed by atoms with Gasteiger partial charge in [0.25, 0.3) is 0 Å². The molecule has 1 unspecified atom stereocenters. The quantitative estimate of drug-likeness (QED) is 0.839. The van der Waals surface area contributed by atoms with E-state index in [1.807, 2.05) is 11.9 Å². The van der Waals surface area contributed by atoms with Crippen molar-refractivity contribution in [2.75, 3.05) is 17.2 Å². The normalized spacial score (nSPS) is 21.5. The van der Waals surface area contributed by atoms with Gasteiger partial charge in [-0.3, -0.25) is 9.48 Å². The first-order valence-corrected chi connectivity index (χ1v) is 7.66. The molecule has 2 aromatic rings. The molecular weight excluding hydrogens is 282 g/mol. The first-order chi connectivity index (χ1) is 10.6. The van der Waals surface area contributed by atoms with Gasteiger partial charge in [-0.05, 0) is 25.7 Å². The number of anilines is 2. The van der Waals surface area contributed by atoms with Gasteiger partial charge in [-0.2, -0.15) is 15.1 Å². The van der Waals surface area contributed by atoms with Gasteiger partial charge in [-0.1, -0.05) is 0 Å². The van der Waals surface area contributed by atoms with Crippen LogP contribution in [0.25, 0.3) is 11.0 Å². The fourth-order valence-corrected chi connectivity index (χ4v) is 2.96. The third-order valence-electron chi connectivity index (χ3n) is 4.35. The molecule has 22 heavy (non-hydrogen) atoms. The van der Waals surface area contributed by atoms with Crippen LogP contribution in [0.4, 0.5) is 11.8 Å². The van der Waals surface area contributed by atoms with Gasteiger partial charge in [0.05, 0.1) is 11.6 Å². The van der Waals surface area contributed by atoms with E-state index in [1.54, 1.807) is 10.9 Å². The van der Waals surface area contributed by atoms with E-state index in [4.69, 9.17) is 5.73 Å². The number of fused-ring (bicyclic) bond motifs is 1. The van der Waals surface area contributed by atoms with E-state index < -0.39 is 0 Å². The van der Waals surface area contributed by atoms with E-state index in [1.165, 1.54) is 0 Å². The summed E-state index contributed by atoms with van der Waals surface area (Å²) >= 11 is 0. The van der Waals surface area contributed by atoms with Gasteiger partial charge in [0.2, 0.25) is 11.9 Å². The lowest BCUT2D eigenvalue weighted by Gasteiger charge is -2.24. The van der Waals surface area contributed by atoms with Crippen molar-refractivity contribution in [2.45, 2.75) is 37.8 Å². The van der Waals surface area contributed by atoms with E-state index in [0.29, 0.717) is 23.5 Å². The summed E-state index contributed by atoms with van der Waals surface area (Å²) in [5.74, 6) is 0.996. The fourth-order valence-electron chi connectivity index (χ4n) is 2.96. The molecule has 0 bridgehead atoms. The van der Waals surface area contributed by atoms with Gasteiger partial charge >= 0.3 is 0 Å². The number of carbonyl (C=O) groups excluding carboxylic acids is 1. The van der Waals surface area contributed by atoms with Gasteiger partial charge in [-0.15, -0.1) is 0 Å². The van der Waals surface area contributed by atoms with Crippen molar-refractivity contribution < 1.29 is 4.79 Å². The number of nitrogens with zero attached hydrogens (tertiary/aromatic N) is 5. The number of nitrogen functional groups attached to an aromatic ring is 1. The lowest BCUT2D eigenvalue weighted by molar-refractivity contribution is -0.122. The minimum atomic E-state index is -0.203. The van der Waals surface area contributed by atoms with Crippen LogP contribution >= 0.6 is 0 Å². The van der Waals surface area contributed by atoms with Gasteiger partial charge < -0.3 is 16.0 Å². The molecule has 2 fully saturated rings. The zero-order chi connectivity index (χ0) is 15.3. The maximum atomic E-state index is 12.4. The lowest BCUT2D eigenvalue weighted by Crippen LogP contribution is -2.44. The number of hydrogen-bond donors (Lipinski definition) is 2. The third-order valence-corrected chi connectivity index (χ3v) is 4.35. The van der Waals surface area contributed by atoms with Gasteiger partial charge in [0.15, 0.2) is 5.65 Å². The smallest absolute Gasteiger partial charge is 0.243 e. The molecule has 2 aliphatic rings. The van der Waals surface area contributed by atoms with Gasteiger partial charge in [-0.25, -0.2) is 0 Å². The summed E-state index contributed by atoms with van der Waals surface area (Å²) in [5, 5.41) is 7.97. The maximum absolute atomic E-state index is 12.4. The Hall–Kier alpha value is -2.38. The summed E-state index contributed by atoms with van der Waals surface area (Å²) in [7, 11) is 1.82. The minimum absolute atomic E-state index is 0.0762. The predicted octanol–water partition coefficient (Wildman–Crippen LogP) is 0.193. The average Bonchev–Trinajstić information content (AvgIpc) is 3.02. The number of nitrogens with two attached hydrogens (primary N) is 1. The molecule has 3 heterocycles. The van der Waals surface area contributed by atoms with Crippen molar-refractivity contribution in [1.29, 1.82) is 0 Å². The Labute approximate surface area is 127 Å². The van der Waals surface area contributed by atoms with Crippen molar-refractivity contribution in [1.82, 2.24) is 25.1 Å². The van der Waals surface area contributed by atoms with Gasteiger partial charge in [0, 0.05) is 19.6 Å². The van der Waals surface area contributed by atoms with Crippen LogP contribution in [-0.2, 0) is 11.8 Å². The zero-order valence-electron chi connectivity index (χ0n) is 12.5. The molecule has 8 nitrogen and oxygen atoms in total. The minimum Gasteiger partial charge on any atom is -0.383 e. The molecule has 1 amide bonds. The number of carbonyl (C=O) groups is 1. The Bertz CT molecular complexity index is 736. The van der Waals surface area contributed by atoms with Crippen LogP contribution in [0.3, 0.4) is 0 Å². The number of rotatable bonds is 3. The summed E-state index contributed by atoms with van der Waals surface area (Å²) < 4.78 is 1.67. The number of nitrogens with one attached hydrogen (secondary N) is 1. The number of aromatic nitrogens is 4. The van der Waals surface area contributed by atoms with Crippen molar-refractivity contribution in [3.63, 3.8) is 0 Å². The second-order valence-electron chi connectivity index (χ2n) is 6.05. The summed E-state index contributed by atoms with van der Waals surface area (Å²) in [6.45, 7) is 0.769. The molecule has 0 aromatic carbocycles. The highest BCUT2D eigenvalue weighted by atomic mass is 16.2. The Balaban J connectivity index is 1.67. The highest BCUT2D eigenvalue weighted by molar-refractivity contribution is 5.88. The Morgan fingerprint density at radius 2 is 2.18 bits per heavy atom. The average molecular weight is 301 g/mol. The van der Waals surface area contributed by atoms with E-state index in [2.05, 4.69) is 20.4 Å². The summed E-state index contributed by atoms with van der Waals surface area (Å²) in [5.41, 5.74) is 6.71. The Kier molecular flexibility index (Phi) is 2.91. The Morgan fingerprint density at radius 3 is 2.95 bits per heavy atom. The molecule has 4 rings (SSSR count). The van der Waals surface area contributed by atoms with Crippen LogP contribution in [0.5, 0.6) is 0 Å². The first-order valence-electron chi connectivity index (χ1n) is 7.66. The topological polar surface area (TPSA) is 102 Å². The molecule has 1 atom stereocenters. The number of hydrogen-bond acceptors (Lipinski definition) is 6. The van der Waals surface area contributed by atoms with Crippen molar-refractivity contribution >= 4 is 28.7 Å². The molecule has 1 aliphatic heterocycles. The van der Waals surface area contributed by atoms with Crippen molar-refractivity contribution in [3.05, 3.63) is 6.20 Å². The second kappa shape index (κ2) is 4.82. The van der Waals surface area contributed by atoms with Crippen LogP contribution in [-0.4, -0.2) is 44.3 Å². The Morgan fingerprint density at radius 1 is 1.36 bits per heavy atom. The summed E-state index contributed by atoms with van der Waals surface area (Å²) in [4.78, 5) is 23.3. The molecule has 8 heteroatoms. The van der Waals surface area contributed by atoms with Gasteiger partial charge in [0.1, 0.15) is 11.9 Å². The highest BCUT2D eigenvalue weighted by Gasteiger charge is 2.35. The standard InChI is InChI=1S/C14H19N7O/c1-20-12-9(7-16-20)11(15)18-14(19-12)21-6-2-3-10(21)13(22)17-8-4-5-8/h7-8,10H,2-6H2,1H3,(H,17,22)(H2,15,18,19). The van der Waals surface area contributed by atoms with E-state index >= 15 is 0 Å². The second-order valence-corrected chi connectivity index (χ2v) is 6.05. The third kappa shape index (κ3) is 2.15. The largest absolute Gasteiger partial charge is 0.383 e. The molecule has 116 valence electrons. The fraction of sp³-hybridized carbons (Fsp3) is 0.571. The van der Waals surface area contributed by atoms with Crippen LogP contribution in [0.2, 0.25) is 0 Å². The molecule has 1 aliphatic carbocycles. The van der Waals surface area contributed by atoms with E-state index in [-0.39, 0.29) is 11.9 Å². The molecule has 3 N–H and O–H groups in total. The lowest BCUT2D eigenvalue weighted by atomic mass is 10.2. The number of aryl methyl sites for hydroxylation is 1. The van der Waals surface area contributed by atoms with Crippen LogP contribution in [0.1, 0.15) is 25.7 Å². The van der Waals surface area contributed by atoms with Crippen molar-refractivity contribution in [2.24, 2.45) is 7.05 Å². The molecular formula is C14H19N7O. The number of amides is 1. The molecule has 2 aromatic heterocycles.